The van der Waals surface area contributed by atoms with Gasteiger partial charge in [-0.1, -0.05) is 12.1 Å². The SMILES string of the molecule is CN(C)CCNC(=O)C1CC1C(=O)Nc1ccccc1N1CCOCC1. The molecule has 142 valence electrons. The number of likely N-dealkylation sites (N-methyl/N-ethyl adjacent to an activating group) is 1. The Labute approximate surface area is 154 Å². The molecule has 1 saturated carbocycles. The Morgan fingerprint density at radius 1 is 1.15 bits per heavy atom. The molecule has 26 heavy (non-hydrogen) atoms. The van der Waals surface area contributed by atoms with E-state index in [9.17, 15) is 9.59 Å². The summed E-state index contributed by atoms with van der Waals surface area (Å²) in [6, 6.07) is 7.81. The smallest absolute Gasteiger partial charge is 0.228 e. The van der Waals surface area contributed by atoms with Crippen LogP contribution in [0.5, 0.6) is 0 Å². The monoisotopic (exact) mass is 360 g/mol. The Bertz CT molecular complexity index is 643. The number of amides is 2. The Hall–Kier alpha value is -2.12. The van der Waals surface area contributed by atoms with E-state index in [4.69, 9.17) is 4.74 Å². The number of carbonyl (C=O) groups is 2. The van der Waals surface area contributed by atoms with Gasteiger partial charge in [0.1, 0.15) is 0 Å². The minimum atomic E-state index is -0.230. The molecule has 1 aromatic rings. The lowest BCUT2D eigenvalue weighted by molar-refractivity contribution is -0.125. The number of hydrogen-bond donors (Lipinski definition) is 2. The fourth-order valence-electron chi connectivity index (χ4n) is 3.19. The number of hydrogen-bond acceptors (Lipinski definition) is 5. The Kier molecular flexibility index (Phi) is 6.11. The first-order valence-electron chi connectivity index (χ1n) is 9.21. The van der Waals surface area contributed by atoms with E-state index in [1.807, 2.05) is 43.3 Å². The van der Waals surface area contributed by atoms with Crippen LogP contribution in [0.2, 0.25) is 0 Å². The third kappa shape index (κ3) is 4.74. The average molecular weight is 360 g/mol. The summed E-state index contributed by atoms with van der Waals surface area (Å²) in [6.07, 6.45) is 0.624. The van der Waals surface area contributed by atoms with Gasteiger partial charge in [0.2, 0.25) is 11.8 Å². The molecule has 2 aliphatic rings. The van der Waals surface area contributed by atoms with Crippen molar-refractivity contribution in [1.29, 1.82) is 0 Å². The molecule has 1 aliphatic heterocycles. The van der Waals surface area contributed by atoms with Crippen LogP contribution in [0.4, 0.5) is 11.4 Å². The van der Waals surface area contributed by atoms with Crippen molar-refractivity contribution in [2.75, 3.05) is 63.7 Å². The van der Waals surface area contributed by atoms with Gasteiger partial charge in [0.25, 0.3) is 0 Å². The molecule has 7 nitrogen and oxygen atoms in total. The van der Waals surface area contributed by atoms with E-state index in [-0.39, 0.29) is 23.7 Å². The van der Waals surface area contributed by atoms with Crippen molar-refractivity contribution in [1.82, 2.24) is 10.2 Å². The predicted molar refractivity (Wildman–Crippen MR) is 101 cm³/mol. The lowest BCUT2D eigenvalue weighted by atomic mass is 10.2. The molecule has 0 bridgehead atoms. The Morgan fingerprint density at radius 3 is 2.58 bits per heavy atom. The summed E-state index contributed by atoms with van der Waals surface area (Å²) in [7, 11) is 3.93. The topological polar surface area (TPSA) is 73.9 Å². The summed E-state index contributed by atoms with van der Waals surface area (Å²) in [5, 5.41) is 5.92. The summed E-state index contributed by atoms with van der Waals surface area (Å²) < 4.78 is 5.40. The van der Waals surface area contributed by atoms with Crippen LogP contribution in [0.25, 0.3) is 0 Å². The quantitative estimate of drug-likeness (QED) is 0.752. The molecular formula is C19H28N4O3. The molecule has 0 spiro atoms. The summed E-state index contributed by atoms with van der Waals surface area (Å²) in [5.74, 6) is -0.522. The van der Waals surface area contributed by atoms with Gasteiger partial charge in [-0.3, -0.25) is 9.59 Å². The molecule has 2 fully saturated rings. The van der Waals surface area contributed by atoms with Gasteiger partial charge in [0, 0.05) is 26.2 Å². The van der Waals surface area contributed by atoms with Gasteiger partial charge in [-0.05, 0) is 32.6 Å². The number of carbonyl (C=O) groups excluding carboxylic acids is 2. The number of rotatable bonds is 7. The maximum absolute atomic E-state index is 12.6. The number of benzene rings is 1. The molecule has 1 saturated heterocycles. The highest BCUT2D eigenvalue weighted by Crippen LogP contribution is 2.40. The summed E-state index contributed by atoms with van der Waals surface area (Å²) >= 11 is 0. The standard InChI is InChI=1S/C19H28N4O3/c1-22(2)8-7-20-18(24)14-13-15(14)19(25)21-16-5-3-4-6-17(16)23-9-11-26-12-10-23/h3-6,14-15H,7-13H2,1-2H3,(H,20,24)(H,21,25). The predicted octanol–water partition coefficient (Wildman–Crippen LogP) is 0.776. The van der Waals surface area contributed by atoms with Crippen molar-refractivity contribution < 1.29 is 14.3 Å². The molecule has 1 heterocycles. The van der Waals surface area contributed by atoms with Gasteiger partial charge in [-0.15, -0.1) is 0 Å². The van der Waals surface area contributed by atoms with Crippen molar-refractivity contribution in [2.45, 2.75) is 6.42 Å². The highest BCUT2D eigenvalue weighted by molar-refractivity contribution is 6.01. The normalized spacial score (nSPS) is 22.2. The number of nitrogens with one attached hydrogen (secondary N) is 2. The zero-order valence-corrected chi connectivity index (χ0v) is 15.5. The molecular weight excluding hydrogens is 332 g/mol. The molecule has 2 N–H and O–H groups in total. The van der Waals surface area contributed by atoms with Crippen molar-refractivity contribution in [2.24, 2.45) is 11.8 Å². The maximum Gasteiger partial charge on any atom is 0.228 e. The zero-order chi connectivity index (χ0) is 18.5. The third-order valence-electron chi connectivity index (χ3n) is 4.84. The zero-order valence-electron chi connectivity index (χ0n) is 15.5. The lowest BCUT2D eigenvalue weighted by Crippen LogP contribution is -2.37. The van der Waals surface area contributed by atoms with Crippen molar-refractivity contribution in [3.63, 3.8) is 0 Å². The summed E-state index contributed by atoms with van der Waals surface area (Å²) in [4.78, 5) is 28.9. The average Bonchev–Trinajstić information content (AvgIpc) is 3.43. The molecule has 2 amide bonds. The Morgan fingerprint density at radius 2 is 1.85 bits per heavy atom. The maximum atomic E-state index is 12.6. The van der Waals surface area contributed by atoms with Crippen molar-refractivity contribution >= 4 is 23.2 Å². The van der Waals surface area contributed by atoms with E-state index < -0.39 is 0 Å². The van der Waals surface area contributed by atoms with Crippen LogP contribution >= 0.6 is 0 Å². The van der Waals surface area contributed by atoms with Crippen LogP contribution in [0.1, 0.15) is 6.42 Å². The van der Waals surface area contributed by atoms with Gasteiger partial charge in [0.15, 0.2) is 0 Å². The van der Waals surface area contributed by atoms with Crippen LogP contribution < -0.4 is 15.5 Å². The second-order valence-corrected chi connectivity index (χ2v) is 7.15. The fourth-order valence-corrected chi connectivity index (χ4v) is 3.19. The number of nitrogens with zero attached hydrogens (tertiary/aromatic N) is 2. The van der Waals surface area contributed by atoms with Crippen LogP contribution in [-0.4, -0.2) is 70.2 Å². The van der Waals surface area contributed by atoms with E-state index >= 15 is 0 Å². The molecule has 2 atom stereocenters. The molecule has 3 rings (SSSR count). The second-order valence-electron chi connectivity index (χ2n) is 7.15. The summed E-state index contributed by atoms with van der Waals surface area (Å²) in [5.41, 5.74) is 1.81. The lowest BCUT2D eigenvalue weighted by Gasteiger charge is -2.30. The van der Waals surface area contributed by atoms with Gasteiger partial charge >= 0.3 is 0 Å². The number of para-hydroxylation sites is 2. The minimum absolute atomic E-state index is 0.0199. The highest BCUT2D eigenvalue weighted by Gasteiger charge is 2.48. The molecule has 0 radical (unpaired) electrons. The van der Waals surface area contributed by atoms with Gasteiger partial charge in [-0.2, -0.15) is 0 Å². The first-order valence-corrected chi connectivity index (χ1v) is 9.21. The molecule has 7 heteroatoms. The van der Waals surface area contributed by atoms with Crippen LogP contribution in [-0.2, 0) is 14.3 Å². The van der Waals surface area contributed by atoms with E-state index in [1.54, 1.807) is 0 Å². The van der Waals surface area contributed by atoms with Crippen LogP contribution in [0.3, 0.4) is 0 Å². The molecule has 0 aromatic heterocycles. The number of morpholine rings is 1. The number of anilines is 2. The van der Waals surface area contributed by atoms with Crippen molar-refractivity contribution in [3.05, 3.63) is 24.3 Å². The highest BCUT2D eigenvalue weighted by atomic mass is 16.5. The van der Waals surface area contributed by atoms with Crippen molar-refractivity contribution in [3.8, 4) is 0 Å². The fraction of sp³-hybridized carbons (Fsp3) is 0.579. The third-order valence-corrected chi connectivity index (χ3v) is 4.84. The van der Waals surface area contributed by atoms with E-state index in [0.29, 0.717) is 26.2 Å². The van der Waals surface area contributed by atoms with Gasteiger partial charge in [-0.25, -0.2) is 0 Å². The first-order chi connectivity index (χ1) is 12.6. The molecule has 1 aromatic carbocycles. The van der Waals surface area contributed by atoms with Gasteiger partial charge in [0.05, 0.1) is 36.4 Å². The van der Waals surface area contributed by atoms with Crippen LogP contribution in [0, 0.1) is 11.8 Å². The van der Waals surface area contributed by atoms with Gasteiger partial charge < -0.3 is 25.2 Å². The van der Waals surface area contributed by atoms with E-state index in [0.717, 1.165) is 31.0 Å². The second kappa shape index (κ2) is 8.51. The van der Waals surface area contributed by atoms with E-state index in [1.165, 1.54) is 0 Å². The minimum Gasteiger partial charge on any atom is -0.378 e. The van der Waals surface area contributed by atoms with Crippen LogP contribution in [0.15, 0.2) is 24.3 Å². The molecule has 1 aliphatic carbocycles. The first kappa shape index (κ1) is 18.7. The summed E-state index contributed by atoms with van der Waals surface area (Å²) in [6.45, 7) is 4.42. The largest absolute Gasteiger partial charge is 0.378 e. The Balaban J connectivity index is 1.54. The van der Waals surface area contributed by atoms with E-state index in [2.05, 4.69) is 15.5 Å². The molecule has 2 unspecified atom stereocenters. The number of ether oxygens (including phenoxy) is 1.